The van der Waals surface area contributed by atoms with Crippen molar-refractivity contribution in [2.45, 2.75) is 6.92 Å². The van der Waals surface area contributed by atoms with Crippen LogP contribution in [0.5, 0.6) is 0 Å². The van der Waals surface area contributed by atoms with Gasteiger partial charge in [0.05, 0.1) is 0 Å². The molecule has 0 unspecified atom stereocenters. The number of esters is 1. The van der Waals surface area contributed by atoms with Crippen LogP contribution < -0.4 is 5.32 Å². The number of fused-ring (bicyclic) bond motifs is 1. The normalized spacial score (nSPS) is 10.5. The zero-order chi connectivity index (χ0) is 16.2. The van der Waals surface area contributed by atoms with Crippen LogP contribution >= 0.6 is 0 Å². The SMILES string of the molecule is Cc1cc(NC(=O)COC(=O)c2nccc3ccccc23)no1. The van der Waals surface area contributed by atoms with Gasteiger partial charge in [0.25, 0.3) is 5.91 Å². The molecule has 0 saturated carbocycles. The molecule has 7 heteroatoms. The van der Waals surface area contributed by atoms with Crippen molar-refractivity contribution in [1.29, 1.82) is 0 Å². The number of rotatable bonds is 4. The van der Waals surface area contributed by atoms with Crippen LogP contribution in [0, 0.1) is 6.92 Å². The molecular weight excluding hydrogens is 298 g/mol. The summed E-state index contributed by atoms with van der Waals surface area (Å²) in [7, 11) is 0. The first-order valence-corrected chi connectivity index (χ1v) is 6.87. The number of ether oxygens (including phenoxy) is 1. The number of hydrogen-bond donors (Lipinski definition) is 1. The van der Waals surface area contributed by atoms with Crippen molar-refractivity contribution >= 4 is 28.5 Å². The summed E-state index contributed by atoms with van der Waals surface area (Å²) in [6, 6.07) is 10.7. The molecule has 1 N–H and O–H groups in total. The fourth-order valence-corrected chi connectivity index (χ4v) is 2.09. The predicted molar refractivity (Wildman–Crippen MR) is 81.9 cm³/mol. The van der Waals surface area contributed by atoms with E-state index in [2.05, 4.69) is 15.5 Å². The number of carbonyl (C=O) groups is 2. The third-order valence-electron chi connectivity index (χ3n) is 3.10. The lowest BCUT2D eigenvalue weighted by Crippen LogP contribution is -2.21. The molecule has 1 aromatic carbocycles. The molecule has 116 valence electrons. The van der Waals surface area contributed by atoms with Crippen molar-refractivity contribution in [1.82, 2.24) is 10.1 Å². The van der Waals surface area contributed by atoms with Crippen molar-refractivity contribution in [2.75, 3.05) is 11.9 Å². The highest BCUT2D eigenvalue weighted by atomic mass is 16.5. The van der Waals surface area contributed by atoms with Gasteiger partial charge in [0.1, 0.15) is 5.76 Å². The summed E-state index contributed by atoms with van der Waals surface area (Å²) in [5, 5.41) is 7.63. The second kappa shape index (κ2) is 6.27. The molecule has 0 spiro atoms. The van der Waals surface area contributed by atoms with Gasteiger partial charge in [-0.05, 0) is 18.4 Å². The Morgan fingerprint density at radius 3 is 2.87 bits per heavy atom. The summed E-state index contributed by atoms with van der Waals surface area (Å²) >= 11 is 0. The first-order valence-electron chi connectivity index (χ1n) is 6.87. The molecule has 0 aliphatic carbocycles. The summed E-state index contributed by atoms with van der Waals surface area (Å²) in [4.78, 5) is 27.9. The second-order valence-electron chi connectivity index (χ2n) is 4.83. The maximum absolute atomic E-state index is 12.1. The third kappa shape index (κ3) is 3.34. The Hall–Kier alpha value is -3.22. The largest absolute Gasteiger partial charge is 0.451 e. The quantitative estimate of drug-likeness (QED) is 0.743. The lowest BCUT2D eigenvalue weighted by molar-refractivity contribution is -0.119. The van der Waals surface area contributed by atoms with E-state index in [4.69, 9.17) is 9.26 Å². The zero-order valence-electron chi connectivity index (χ0n) is 12.3. The lowest BCUT2D eigenvalue weighted by Gasteiger charge is -2.06. The first kappa shape index (κ1) is 14.7. The van der Waals surface area contributed by atoms with E-state index in [0.29, 0.717) is 11.1 Å². The molecule has 0 saturated heterocycles. The van der Waals surface area contributed by atoms with Crippen molar-refractivity contribution < 1.29 is 18.8 Å². The Morgan fingerprint density at radius 1 is 1.26 bits per heavy atom. The van der Waals surface area contributed by atoms with Gasteiger partial charge in [-0.25, -0.2) is 9.78 Å². The molecule has 3 aromatic rings. The van der Waals surface area contributed by atoms with E-state index in [0.717, 1.165) is 5.39 Å². The van der Waals surface area contributed by atoms with E-state index >= 15 is 0 Å². The second-order valence-corrected chi connectivity index (χ2v) is 4.83. The lowest BCUT2D eigenvalue weighted by atomic mass is 10.1. The average molecular weight is 311 g/mol. The van der Waals surface area contributed by atoms with E-state index in [1.807, 2.05) is 12.1 Å². The van der Waals surface area contributed by atoms with Crippen LogP contribution in [0.4, 0.5) is 5.82 Å². The Morgan fingerprint density at radius 2 is 2.09 bits per heavy atom. The minimum Gasteiger partial charge on any atom is -0.451 e. The fraction of sp³-hybridized carbons (Fsp3) is 0.125. The van der Waals surface area contributed by atoms with E-state index in [-0.39, 0.29) is 11.5 Å². The molecule has 3 rings (SSSR count). The van der Waals surface area contributed by atoms with Gasteiger partial charge in [0, 0.05) is 17.6 Å². The molecular formula is C16H13N3O4. The number of carbonyl (C=O) groups excluding carboxylic acids is 2. The standard InChI is InChI=1S/C16H13N3O4/c1-10-8-13(19-23-10)18-14(20)9-22-16(21)15-12-5-3-2-4-11(12)6-7-17-15/h2-8H,9H2,1H3,(H,18,19,20). The van der Waals surface area contributed by atoms with Gasteiger partial charge in [-0.1, -0.05) is 29.4 Å². The highest BCUT2D eigenvalue weighted by molar-refractivity contribution is 6.03. The monoisotopic (exact) mass is 311 g/mol. The van der Waals surface area contributed by atoms with E-state index < -0.39 is 18.5 Å². The van der Waals surface area contributed by atoms with Crippen molar-refractivity contribution in [3.63, 3.8) is 0 Å². The highest BCUT2D eigenvalue weighted by Gasteiger charge is 2.15. The fourth-order valence-electron chi connectivity index (χ4n) is 2.09. The molecule has 23 heavy (non-hydrogen) atoms. The molecule has 1 amide bonds. The molecule has 0 bridgehead atoms. The van der Waals surface area contributed by atoms with Gasteiger partial charge in [0.2, 0.25) is 0 Å². The summed E-state index contributed by atoms with van der Waals surface area (Å²) in [5.74, 6) is -0.329. The van der Waals surface area contributed by atoms with Crippen LogP contribution in [0.3, 0.4) is 0 Å². The van der Waals surface area contributed by atoms with Crippen LogP contribution in [0.1, 0.15) is 16.2 Å². The number of nitrogens with zero attached hydrogens (tertiary/aromatic N) is 2. The minimum atomic E-state index is -0.659. The molecule has 0 aliphatic rings. The Balaban J connectivity index is 1.65. The number of pyridine rings is 1. The van der Waals surface area contributed by atoms with Gasteiger partial charge in [-0.15, -0.1) is 0 Å². The van der Waals surface area contributed by atoms with Crippen molar-refractivity contribution in [3.8, 4) is 0 Å². The smallest absolute Gasteiger partial charge is 0.358 e. The van der Waals surface area contributed by atoms with Crippen molar-refractivity contribution in [3.05, 3.63) is 54.0 Å². The number of amides is 1. The van der Waals surface area contributed by atoms with Crippen LogP contribution in [-0.4, -0.2) is 28.6 Å². The maximum atomic E-state index is 12.1. The Bertz CT molecular complexity index is 867. The van der Waals surface area contributed by atoms with Gasteiger partial charge in [0.15, 0.2) is 18.1 Å². The zero-order valence-corrected chi connectivity index (χ0v) is 12.3. The van der Waals surface area contributed by atoms with Gasteiger partial charge < -0.3 is 14.6 Å². The van der Waals surface area contributed by atoms with Gasteiger partial charge in [-0.2, -0.15) is 0 Å². The van der Waals surface area contributed by atoms with Crippen LogP contribution in [0.2, 0.25) is 0 Å². The van der Waals surface area contributed by atoms with E-state index in [1.165, 1.54) is 6.20 Å². The Kier molecular flexibility index (Phi) is 4.01. The summed E-state index contributed by atoms with van der Waals surface area (Å²) in [6.07, 6.45) is 1.52. The summed E-state index contributed by atoms with van der Waals surface area (Å²) < 4.78 is 9.83. The highest BCUT2D eigenvalue weighted by Crippen LogP contribution is 2.17. The number of benzene rings is 1. The molecule has 0 fully saturated rings. The van der Waals surface area contributed by atoms with E-state index in [9.17, 15) is 9.59 Å². The topological polar surface area (TPSA) is 94.3 Å². The number of hydrogen-bond acceptors (Lipinski definition) is 6. The van der Waals surface area contributed by atoms with E-state index in [1.54, 1.807) is 31.2 Å². The Labute approximate surface area is 131 Å². The van der Waals surface area contributed by atoms with Crippen LogP contribution in [0.25, 0.3) is 10.8 Å². The van der Waals surface area contributed by atoms with Gasteiger partial charge in [-0.3, -0.25) is 4.79 Å². The molecule has 0 atom stereocenters. The first-order chi connectivity index (χ1) is 11.1. The third-order valence-corrected chi connectivity index (χ3v) is 3.10. The number of nitrogens with one attached hydrogen (secondary N) is 1. The molecule has 2 heterocycles. The maximum Gasteiger partial charge on any atom is 0.358 e. The predicted octanol–water partition coefficient (Wildman–Crippen LogP) is 2.33. The van der Waals surface area contributed by atoms with Crippen LogP contribution in [0.15, 0.2) is 47.1 Å². The molecule has 7 nitrogen and oxygen atoms in total. The van der Waals surface area contributed by atoms with Crippen molar-refractivity contribution in [2.24, 2.45) is 0 Å². The number of anilines is 1. The van der Waals surface area contributed by atoms with Crippen LogP contribution in [-0.2, 0) is 9.53 Å². The number of aromatic nitrogens is 2. The minimum absolute atomic E-state index is 0.174. The molecule has 0 aliphatic heterocycles. The molecule has 0 radical (unpaired) electrons. The summed E-state index contributed by atoms with van der Waals surface area (Å²) in [5.41, 5.74) is 0.174. The average Bonchev–Trinajstić information content (AvgIpc) is 2.97. The van der Waals surface area contributed by atoms with Gasteiger partial charge >= 0.3 is 5.97 Å². The number of aryl methyl sites for hydroxylation is 1. The molecule has 2 aromatic heterocycles. The summed E-state index contributed by atoms with van der Waals surface area (Å²) in [6.45, 7) is 1.27.